The van der Waals surface area contributed by atoms with Gasteiger partial charge in [-0.2, -0.15) is 0 Å². The van der Waals surface area contributed by atoms with Crippen molar-refractivity contribution in [2.45, 2.75) is 19.4 Å². The van der Waals surface area contributed by atoms with Crippen LogP contribution >= 0.6 is 23.2 Å². The Morgan fingerprint density at radius 1 is 1.13 bits per heavy atom. The van der Waals surface area contributed by atoms with E-state index in [1.807, 2.05) is 30.3 Å². The maximum atomic E-state index is 12.3. The molecular formula is C18H19Cl2NO2. The van der Waals surface area contributed by atoms with Crippen molar-refractivity contribution >= 4 is 29.1 Å². The molecule has 0 radical (unpaired) electrons. The first-order valence-electron chi connectivity index (χ1n) is 7.31. The molecule has 0 aromatic heterocycles. The highest BCUT2D eigenvalue weighted by Crippen LogP contribution is 2.23. The van der Waals surface area contributed by atoms with Gasteiger partial charge in [0.05, 0.1) is 17.2 Å². The van der Waals surface area contributed by atoms with Crippen LogP contribution in [0.5, 0.6) is 5.75 Å². The zero-order valence-electron chi connectivity index (χ0n) is 13.2. The standard InChI is InChI=1S/C18H19Cl2NO2/c1-21(12-13-7-9-15(19)16(20)11-13)18(22)10-8-14-5-3-4-6-17(14)23-2/h3-7,9,11H,8,10,12H2,1-2H3. The molecule has 0 saturated carbocycles. The van der Waals surface area contributed by atoms with E-state index in [0.717, 1.165) is 16.9 Å². The van der Waals surface area contributed by atoms with E-state index in [1.165, 1.54) is 0 Å². The van der Waals surface area contributed by atoms with E-state index < -0.39 is 0 Å². The zero-order chi connectivity index (χ0) is 16.8. The first-order chi connectivity index (χ1) is 11.0. The monoisotopic (exact) mass is 351 g/mol. The first-order valence-corrected chi connectivity index (χ1v) is 8.06. The van der Waals surface area contributed by atoms with E-state index in [4.69, 9.17) is 27.9 Å². The van der Waals surface area contributed by atoms with E-state index in [0.29, 0.717) is 29.4 Å². The van der Waals surface area contributed by atoms with E-state index in [9.17, 15) is 4.79 Å². The number of carbonyl (C=O) groups excluding carboxylic acids is 1. The van der Waals surface area contributed by atoms with Gasteiger partial charge in [0.15, 0.2) is 0 Å². The molecule has 2 aromatic rings. The lowest BCUT2D eigenvalue weighted by atomic mass is 10.1. The molecule has 2 aromatic carbocycles. The molecule has 0 spiro atoms. The molecule has 2 rings (SSSR count). The summed E-state index contributed by atoms with van der Waals surface area (Å²) in [5, 5.41) is 1.01. The van der Waals surface area contributed by atoms with Crippen molar-refractivity contribution in [3.63, 3.8) is 0 Å². The molecule has 0 aliphatic rings. The number of hydrogen-bond acceptors (Lipinski definition) is 2. The minimum Gasteiger partial charge on any atom is -0.496 e. The van der Waals surface area contributed by atoms with Crippen LogP contribution in [-0.2, 0) is 17.8 Å². The third kappa shape index (κ3) is 4.88. The SMILES string of the molecule is COc1ccccc1CCC(=O)N(C)Cc1ccc(Cl)c(Cl)c1. The van der Waals surface area contributed by atoms with Gasteiger partial charge < -0.3 is 9.64 Å². The Labute approximate surface area is 146 Å². The summed E-state index contributed by atoms with van der Waals surface area (Å²) in [6.45, 7) is 0.502. The second-order valence-corrected chi connectivity index (χ2v) is 6.12. The van der Waals surface area contributed by atoms with E-state index in [2.05, 4.69) is 0 Å². The molecule has 0 unspecified atom stereocenters. The summed E-state index contributed by atoms with van der Waals surface area (Å²) in [6, 6.07) is 13.1. The lowest BCUT2D eigenvalue weighted by Crippen LogP contribution is -2.26. The Balaban J connectivity index is 1.93. The number of ether oxygens (including phenoxy) is 1. The van der Waals surface area contributed by atoms with E-state index >= 15 is 0 Å². The largest absolute Gasteiger partial charge is 0.496 e. The predicted molar refractivity (Wildman–Crippen MR) is 94.3 cm³/mol. The fourth-order valence-corrected chi connectivity index (χ4v) is 2.66. The van der Waals surface area contributed by atoms with Crippen molar-refractivity contribution < 1.29 is 9.53 Å². The van der Waals surface area contributed by atoms with E-state index in [-0.39, 0.29) is 5.91 Å². The number of nitrogens with zero attached hydrogens (tertiary/aromatic N) is 1. The van der Waals surface area contributed by atoms with Crippen molar-refractivity contribution in [2.24, 2.45) is 0 Å². The van der Waals surface area contributed by atoms with Gasteiger partial charge in [-0.05, 0) is 35.7 Å². The van der Waals surface area contributed by atoms with Gasteiger partial charge in [-0.25, -0.2) is 0 Å². The molecule has 0 saturated heterocycles. The predicted octanol–water partition coefficient (Wildman–Crippen LogP) is 4.59. The molecule has 0 aliphatic heterocycles. The third-order valence-corrected chi connectivity index (χ3v) is 4.37. The Bertz CT molecular complexity index is 688. The zero-order valence-corrected chi connectivity index (χ0v) is 14.7. The van der Waals surface area contributed by atoms with Crippen LogP contribution < -0.4 is 4.74 Å². The topological polar surface area (TPSA) is 29.5 Å². The summed E-state index contributed by atoms with van der Waals surface area (Å²) in [5.74, 6) is 0.884. The summed E-state index contributed by atoms with van der Waals surface area (Å²) < 4.78 is 5.31. The summed E-state index contributed by atoms with van der Waals surface area (Å²) >= 11 is 11.9. The number of para-hydroxylation sites is 1. The van der Waals surface area contributed by atoms with Gasteiger partial charge in [0.25, 0.3) is 0 Å². The lowest BCUT2D eigenvalue weighted by Gasteiger charge is -2.18. The maximum Gasteiger partial charge on any atom is 0.222 e. The Morgan fingerprint density at radius 2 is 1.87 bits per heavy atom. The molecule has 0 bridgehead atoms. The van der Waals surface area contributed by atoms with Gasteiger partial charge in [-0.15, -0.1) is 0 Å². The molecule has 122 valence electrons. The van der Waals surface area contributed by atoms with Gasteiger partial charge >= 0.3 is 0 Å². The molecule has 0 heterocycles. The highest BCUT2D eigenvalue weighted by molar-refractivity contribution is 6.42. The molecule has 5 heteroatoms. The third-order valence-electron chi connectivity index (χ3n) is 3.63. The van der Waals surface area contributed by atoms with Gasteiger partial charge in [0, 0.05) is 20.0 Å². The van der Waals surface area contributed by atoms with Crippen LogP contribution in [0.2, 0.25) is 10.0 Å². The number of carbonyl (C=O) groups is 1. The highest BCUT2D eigenvalue weighted by Gasteiger charge is 2.12. The first kappa shape index (κ1) is 17.6. The molecule has 1 amide bonds. The summed E-state index contributed by atoms with van der Waals surface area (Å²) in [4.78, 5) is 14.0. The van der Waals surface area contributed by atoms with Crippen molar-refractivity contribution in [2.75, 3.05) is 14.2 Å². The Hall–Kier alpha value is -1.71. The summed E-state index contributed by atoms with van der Waals surface area (Å²) in [5.41, 5.74) is 1.99. The lowest BCUT2D eigenvalue weighted by molar-refractivity contribution is -0.130. The average molecular weight is 352 g/mol. The normalized spacial score (nSPS) is 10.4. The van der Waals surface area contributed by atoms with Crippen LogP contribution in [0, 0.1) is 0 Å². The number of benzene rings is 2. The molecule has 3 nitrogen and oxygen atoms in total. The fraction of sp³-hybridized carbons (Fsp3) is 0.278. The van der Waals surface area contributed by atoms with Crippen molar-refractivity contribution in [1.82, 2.24) is 4.90 Å². The van der Waals surface area contributed by atoms with Crippen molar-refractivity contribution in [1.29, 1.82) is 0 Å². The second-order valence-electron chi connectivity index (χ2n) is 5.31. The number of rotatable bonds is 6. The number of amides is 1. The van der Waals surface area contributed by atoms with Gasteiger partial charge in [-0.3, -0.25) is 4.79 Å². The average Bonchev–Trinajstić information content (AvgIpc) is 2.56. The van der Waals surface area contributed by atoms with Crippen LogP contribution in [-0.4, -0.2) is 25.0 Å². The molecule has 0 atom stereocenters. The fourth-order valence-electron chi connectivity index (χ4n) is 2.34. The summed E-state index contributed by atoms with van der Waals surface area (Å²) in [7, 11) is 3.42. The van der Waals surface area contributed by atoms with Crippen LogP contribution in [0.4, 0.5) is 0 Å². The quantitative estimate of drug-likeness (QED) is 0.761. The van der Waals surface area contributed by atoms with Crippen molar-refractivity contribution in [3.8, 4) is 5.75 Å². The number of hydrogen-bond donors (Lipinski definition) is 0. The number of aryl methyl sites for hydroxylation is 1. The highest BCUT2D eigenvalue weighted by atomic mass is 35.5. The van der Waals surface area contributed by atoms with Crippen LogP contribution in [0.15, 0.2) is 42.5 Å². The molecule has 23 heavy (non-hydrogen) atoms. The van der Waals surface area contributed by atoms with Crippen LogP contribution in [0.3, 0.4) is 0 Å². The van der Waals surface area contributed by atoms with Gasteiger partial charge in [0.1, 0.15) is 5.75 Å². The van der Waals surface area contributed by atoms with E-state index in [1.54, 1.807) is 31.2 Å². The second kappa shape index (κ2) is 8.23. The smallest absolute Gasteiger partial charge is 0.222 e. The number of halogens is 2. The summed E-state index contributed by atoms with van der Waals surface area (Å²) in [6.07, 6.45) is 1.08. The minimum atomic E-state index is 0.0713. The maximum absolute atomic E-state index is 12.3. The molecule has 0 aliphatic carbocycles. The van der Waals surface area contributed by atoms with Crippen molar-refractivity contribution in [3.05, 3.63) is 63.6 Å². The van der Waals surface area contributed by atoms with Crippen LogP contribution in [0.1, 0.15) is 17.5 Å². The minimum absolute atomic E-state index is 0.0713. The Morgan fingerprint density at radius 3 is 2.57 bits per heavy atom. The molecular weight excluding hydrogens is 333 g/mol. The molecule has 0 fully saturated rings. The van der Waals surface area contributed by atoms with Crippen LogP contribution in [0.25, 0.3) is 0 Å². The van der Waals surface area contributed by atoms with Gasteiger partial charge in [-0.1, -0.05) is 47.5 Å². The Kier molecular flexibility index (Phi) is 6.31. The number of methoxy groups -OCH3 is 1. The molecule has 0 N–H and O–H groups in total. The van der Waals surface area contributed by atoms with Gasteiger partial charge in [0.2, 0.25) is 5.91 Å².